The molecule has 2 heterocycles. The Bertz CT molecular complexity index is 1190. The van der Waals surface area contributed by atoms with Crippen molar-refractivity contribution < 1.29 is 14.6 Å². The van der Waals surface area contributed by atoms with E-state index in [1.807, 2.05) is 17.0 Å². The van der Waals surface area contributed by atoms with Crippen LogP contribution in [0.1, 0.15) is 61.8 Å². The Morgan fingerprint density at radius 1 is 1.08 bits per heavy atom. The third-order valence-electron chi connectivity index (χ3n) is 8.86. The molecule has 0 unspecified atom stereocenters. The Balaban J connectivity index is 1.28. The molecule has 1 N–H and O–H groups in total. The quantitative estimate of drug-likeness (QED) is 0.203. The third-order valence-corrected chi connectivity index (χ3v) is 11.4. The van der Waals surface area contributed by atoms with E-state index >= 15 is 0 Å². The highest BCUT2D eigenvalue weighted by Gasteiger charge is 2.53. The number of methoxy groups -OCH3 is 1. The number of benzene rings is 1. The molecular formula is C30H35NO3S3. The van der Waals surface area contributed by atoms with Crippen LogP contribution >= 0.6 is 35.3 Å². The van der Waals surface area contributed by atoms with Gasteiger partial charge in [-0.3, -0.25) is 9.69 Å². The maximum absolute atomic E-state index is 13.8. The number of amides is 1. The van der Waals surface area contributed by atoms with Gasteiger partial charge in [0.05, 0.1) is 12.0 Å². The molecule has 1 saturated heterocycles. The zero-order chi connectivity index (χ0) is 25.5. The van der Waals surface area contributed by atoms with E-state index in [-0.39, 0.29) is 12.5 Å². The van der Waals surface area contributed by atoms with Crippen LogP contribution in [0.2, 0.25) is 0 Å². The summed E-state index contributed by atoms with van der Waals surface area (Å²) < 4.78 is 6.20. The third kappa shape index (κ3) is 5.05. The molecule has 1 aromatic heterocycles. The number of aliphatic hydroxyl groups excluding tert-OH is 1. The molecule has 4 bridgehead atoms. The van der Waals surface area contributed by atoms with Crippen LogP contribution in [-0.2, 0) is 11.2 Å². The fourth-order valence-corrected chi connectivity index (χ4v) is 10.0. The minimum absolute atomic E-state index is 0.120. The summed E-state index contributed by atoms with van der Waals surface area (Å²) in [7, 11) is 1.69. The molecule has 4 saturated carbocycles. The molecule has 7 heteroatoms. The molecule has 37 heavy (non-hydrogen) atoms. The van der Waals surface area contributed by atoms with Gasteiger partial charge >= 0.3 is 0 Å². The molecule has 196 valence electrons. The van der Waals surface area contributed by atoms with Gasteiger partial charge in [0.15, 0.2) is 0 Å². The van der Waals surface area contributed by atoms with Crippen molar-refractivity contribution in [1.82, 2.24) is 4.90 Å². The van der Waals surface area contributed by atoms with Crippen molar-refractivity contribution in [2.45, 2.75) is 63.8 Å². The number of hydrogen-bond donors (Lipinski definition) is 1. The first-order valence-electron chi connectivity index (χ1n) is 13.7. The second kappa shape index (κ2) is 10.8. The van der Waals surface area contributed by atoms with Gasteiger partial charge in [0.1, 0.15) is 10.1 Å². The van der Waals surface area contributed by atoms with Gasteiger partial charge in [0.2, 0.25) is 0 Å². The molecule has 1 aliphatic heterocycles. The maximum atomic E-state index is 13.8. The molecule has 2 aromatic rings. The van der Waals surface area contributed by atoms with E-state index in [2.05, 4.69) is 24.3 Å². The number of thiocarbonyl (C=S) groups is 1. The van der Waals surface area contributed by atoms with Crippen LogP contribution in [0, 0.1) is 23.7 Å². The lowest BCUT2D eigenvalue weighted by Gasteiger charge is -2.56. The van der Waals surface area contributed by atoms with Crippen LogP contribution < -0.4 is 4.74 Å². The van der Waals surface area contributed by atoms with Gasteiger partial charge in [-0.1, -0.05) is 42.5 Å². The minimum Gasteiger partial charge on any atom is -0.497 e. The molecule has 0 spiro atoms. The molecule has 4 nitrogen and oxygen atoms in total. The molecule has 1 aromatic carbocycles. The zero-order valence-corrected chi connectivity index (χ0v) is 23.8. The van der Waals surface area contributed by atoms with Crippen molar-refractivity contribution >= 4 is 51.6 Å². The predicted octanol–water partition coefficient (Wildman–Crippen LogP) is 7.15. The SMILES string of the molecule is COc1cccc(-c2cc(CCCCCO)c(C=C3SC(=S)N(C4C5CC6CC(C5)CC4C6)C3=O)s2)c1. The summed E-state index contributed by atoms with van der Waals surface area (Å²) in [5.74, 6) is 3.97. The van der Waals surface area contributed by atoms with Crippen molar-refractivity contribution in [3.63, 3.8) is 0 Å². The molecule has 5 fully saturated rings. The number of ether oxygens (including phenoxy) is 1. The van der Waals surface area contributed by atoms with E-state index in [1.54, 1.807) is 18.4 Å². The highest BCUT2D eigenvalue weighted by atomic mass is 32.2. The van der Waals surface area contributed by atoms with Crippen molar-refractivity contribution in [3.05, 3.63) is 45.7 Å². The number of hydrogen-bond acceptors (Lipinski definition) is 6. The molecule has 4 aliphatic carbocycles. The van der Waals surface area contributed by atoms with Crippen LogP contribution in [0.25, 0.3) is 16.5 Å². The standard InChI is InChI=1S/C30H35NO3S3/c1-34-24-8-5-7-20(15-24)25-16-21(6-3-2-4-9-32)26(36-25)17-27-29(33)31(30(35)37-27)28-22-11-18-10-19(13-22)14-23(28)12-18/h5,7-8,15-19,22-23,28,32H,2-4,6,9-14H2,1H3. The number of unbranched alkanes of at least 4 members (excludes halogenated alkanes) is 2. The van der Waals surface area contributed by atoms with Gasteiger partial charge < -0.3 is 9.84 Å². The normalized spacial score (nSPS) is 29.6. The van der Waals surface area contributed by atoms with Crippen molar-refractivity contribution in [3.8, 4) is 16.2 Å². The van der Waals surface area contributed by atoms with E-state index in [0.29, 0.717) is 17.9 Å². The summed E-state index contributed by atoms with van der Waals surface area (Å²) in [5, 5.41) is 9.20. The average molecular weight is 554 g/mol. The van der Waals surface area contributed by atoms with Crippen LogP contribution in [0.15, 0.2) is 35.2 Å². The Hall–Kier alpha value is -1.67. The Morgan fingerprint density at radius 2 is 1.84 bits per heavy atom. The molecule has 5 aliphatic rings. The summed E-state index contributed by atoms with van der Waals surface area (Å²) in [4.78, 5) is 18.9. The van der Waals surface area contributed by atoms with Crippen molar-refractivity contribution in [2.75, 3.05) is 13.7 Å². The number of aliphatic hydroxyl groups is 1. The van der Waals surface area contributed by atoms with Gasteiger partial charge in [-0.2, -0.15) is 0 Å². The van der Waals surface area contributed by atoms with Gasteiger partial charge in [0.25, 0.3) is 5.91 Å². The second-order valence-electron chi connectivity index (χ2n) is 11.2. The number of carbonyl (C=O) groups excluding carboxylic acids is 1. The van der Waals surface area contributed by atoms with E-state index in [4.69, 9.17) is 17.0 Å². The van der Waals surface area contributed by atoms with Gasteiger partial charge in [-0.15, -0.1) is 11.3 Å². The van der Waals surface area contributed by atoms with Crippen LogP contribution in [0.4, 0.5) is 0 Å². The van der Waals surface area contributed by atoms with Gasteiger partial charge in [-0.05, 0) is 110 Å². The van der Waals surface area contributed by atoms with E-state index in [0.717, 1.165) is 62.9 Å². The topological polar surface area (TPSA) is 49.8 Å². The first kappa shape index (κ1) is 25.6. The molecular weight excluding hydrogens is 519 g/mol. The lowest BCUT2D eigenvalue weighted by molar-refractivity contribution is -0.130. The summed E-state index contributed by atoms with van der Waals surface area (Å²) in [6.45, 7) is 0.235. The number of nitrogens with zero attached hydrogens (tertiary/aromatic N) is 1. The molecule has 0 radical (unpaired) electrons. The maximum Gasteiger partial charge on any atom is 0.266 e. The first-order valence-corrected chi connectivity index (χ1v) is 15.7. The lowest BCUT2D eigenvalue weighted by atomic mass is 9.54. The van der Waals surface area contributed by atoms with E-state index in [9.17, 15) is 9.90 Å². The number of thioether (sulfide) groups is 1. The number of aryl methyl sites for hydroxylation is 1. The Labute approximate surface area is 233 Å². The van der Waals surface area contributed by atoms with Crippen molar-refractivity contribution in [2.24, 2.45) is 23.7 Å². The summed E-state index contributed by atoms with van der Waals surface area (Å²) >= 11 is 9.08. The fraction of sp³-hybridized carbons (Fsp3) is 0.533. The largest absolute Gasteiger partial charge is 0.497 e. The summed E-state index contributed by atoms with van der Waals surface area (Å²) in [6.07, 6.45) is 12.4. The lowest BCUT2D eigenvalue weighted by Crippen LogP contribution is -2.57. The first-order chi connectivity index (χ1) is 18.0. The number of thiophene rings is 1. The van der Waals surface area contributed by atoms with Crippen LogP contribution in [0.3, 0.4) is 0 Å². The van der Waals surface area contributed by atoms with E-state index in [1.165, 1.54) is 54.3 Å². The fourth-order valence-electron chi connectivity index (χ4n) is 7.46. The predicted molar refractivity (Wildman–Crippen MR) is 157 cm³/mol. The summed E-state index contributed by atoms with van der Waals surface area (Å²) in [6, 6.07) is 10.7. The average Bonchev–Trinajstić information content (AvgIpc) is 3.42. The zero-order valence-electron chi connectivity index (χ0n) is 21.4. The highest BCUT2D eigenvalue weighted by molar-refractivity contribution is 8.26. The minimum atomic E-state index is 0.120. The number of carbonyl (C=O) groups is 1. The Kier molecular flexibility index (Phi) is 7.50. The molecule has 1 amide bonds. The van der Waals surface area contributed by atoms with Gasteiger partial charge in [-0.25, -0.2) is 0 Å². The monoisotopic (exact) mass is 553 g/mol. The van der Waals surface area contributed by atoms with Crippen LogP contribution in [-0.4, -0.2) is 40.0 Å². The number of rotatable bonds is 9. The van der Waals surface area contributed by atoms with E-state index < -0.39 is 0 Å². The van der Waals surface area contributed by atoms with Gasteiger partial charge in [0, 0.05) is 22.4 Å². The smallest absolute Gasteiger partial charge is 0.266 e. The highest BCUT2D eigenvalue weighted by Crippen LogP contribution is 2.56. The summed E-state index contributed by atoms with van der Waals surface area (Å²) in [5.41, 5.74) is 2.39. The molecule has 0 atom stereocenters. The second-order valence-corrected chi connectivity index (χ2v) is 14.0. The molecule has 7 rings (SSSR count). The van der Waals surface area contributed by atoms with Crippen molar-refractivity contribution in [1.29, 1.82) is 0 Å². The Morgan fingerprint density at radius 3 is 2.54 bits per heavy atom. The van der Waals surface area contributed by atoms with Crippen LogP contribution in [0.5, 0.6) is 5.75 Å².